The Morgan fingerprint density at radius 2 is 1.11 bits per heavy atom. The van der Waals surface area contributed by atoms with Crippen LogP contribution in [0.3, 0.4) is 0 Å². The van der Waals surface area contributed by atoms with Crippen molar-refractivity contribution in [3.05, 3.63) is 102 Å². The zero-order chi connectivity index (χ0) is 70.9. The lowest BCUT2D eigenvalue weighted by molar-refractivity contribution is -0.145. The Kier molecular flexibility index (Phi) is 30.0. The lowest BCUT2D eigenvalue weighted by atomic mass is 10.0. The number of aliphatic carboxylic acids is 3. The third-order valence-corrected chi connectivity index (χ3v) is 16.3. The molecule has 19 N–H and O–H groups in total. The Hall–Kier alpha value is -9.66. The normalized spacial score (nSPS) is 16.3. The first-order valence-electron chi connectivity index (χ1n) is 31.3. The van der Waals surface area contributed by atoms with E-state index in [4.69, 9.17) is 16.6 Å². The number of nitrogens with two attached hydrogens (primary N) is 2. The van der Waals surface area contributed by atoms with Gasteiger partial charge in [0.15, 0.2) is 0 Å². The Morgan fingerprint density at radius 1 is 0.583 bits per heavy atom. The topological polar surface area (TPSA) is 502 Å². The lowest BCUT2D eigenvalue weighted by Crippen LogP contribution is -2.61. The molecule has 0 unspecified atom stereocenters. The zero-order valence-electron chi connectivity index (χ0n) is 53.6. The average Bonchev–Trinajstić information content (AvgIpc) is 1.62. The molecule has 0 saturated carbocycles. The Morgan fingerprint density at radius 3 is 1.69 bits per heavy atom. The van der Waals surface area contributed by atoms with Gasteiger partial charge in [0.05, 0.1) is 18.6 Å². The number of hydrogen-bond acceptors (Lipinski definition) is 18. The van der Waals surface area contributed by atoms with Crippen molar-refractivity contribution in [2.45, 2.75) is 171 Å². The van der Waals surface area contributed by atoms with Crippen molar-refractivity contribution in [1.29, 1.82) is 0 Å². The number of rotatable bonds is 38. The Balaban J connectivity index is 1.40. The van der Waals surface area contributed by atoms with Gasteiger partial charge in [-0.05, 0) is 99.7 Å². The summed E-state index contributed by atoms with van der Waals surface area (Å²) in [7, 11) is 0. The quantitative estimate of drug-likeness (QED) is 0.0173. The molecule has 32 heteroatoms. The highest BCUT2D eigenvalue weighted by Crippen LogP contribution is 2.22. The van der Waals surface area contributed by atoms with Crippen LogP contribution in [-0.4, -0.2) is 204 Å². The number of aromatic amines is 1. The van der Waals surface area contributed by atoms with Crippen LogP contribution in [0.5, 0.6) is 5.75 Å². The number of hydrogen-bond donors (Lipinski definition) is 18. The van der Waals surface area contributed by atoms with E-state index in [1.54, 1.807) is 74.6 Å². The number of fused-ring (bicyclic) bond motifs is 1. The molecule has 31 nitrogen and oxygen atoms in total. The number of likely N-dealkylation sites (tertiary alicyclic amines) is 1. The Bertz CT molecular complexity index is 3390. The molecular weight excluding hydrogens is 1270 g/mol. The van der Waals surface area contributed by atoms with E-state index in [-0.39, 0.29) is 76.0 Å². The largest absolute Gasteiger partial charge is 0.508 e. The number of benzene rings is 3. The summed E-state index contributed by atoms with van der Waals surface area (Å²) in [5.41, 5.74) is 13.8. The second-order valence-corrected chi connectivity index (χ2v) is 24.2. The molecule has 1 fully saturated rings. The van der Waals surface area contributed by atoms with E-state index in [0.717, 1.165) is 4.90 Å². The van der Waals surface area contributed by atoms with E-state index in [1.165, 1.54) is 38.1 Å². The highest BCUT2D eigenvalue weighted by molar-refractivity contribution is 7.80. The van der Waals surface area contributed by atoms with Crippen molar-refractivity contribution in [2.24, 2.45) is 17.4 Å². The summed E-state index contributed by atoms with van der Waals surface area (Å²) in [6, 6.07) is 4.62. The van der Waals surface area contributed by atoms with Gasteiger partial charge in [-0.15, -0.1) is 0 Å². The first kappa shape index (κ1) is 77.0. The molecule has 1 aromatic heterocycles. The van der Waals surface area contributed by atoms with Crippen LogP contribution in [0, 0.1) is 5.92 Å². The van der Waals surface area contributed by atoms with Gasteiger partial charge in [0.2, 0.25) is 59.1 Å². The number of carboxylic acid groups (broad SMARTS) is 3. The highest BCUT2D eigenvalue weighted by atomic mass is 32.1. The molecule has 10 amide bonds. The monoisotopic (exact) mass is 1360 g/mol. The van der Waals surface area contributed by atoms with Gasteiger partial charge >= 0.3 is 17.9 Å². The van der Waals surface area contributed by atoms with Crippen LogP contribution < -0.4 is 59.3 Å². The molecule has 1 saturated heterocycles. The number of aromatic nitrogens is 1. The van der Waals surface area contributed by atoms with Gasteiger partial charge in [0.25, 0.3) is 0 Å². The molecular formula is C64H87N13O18S. The number of carboxylic acids is 3. The number of nitrogens with zero attached hydrogens (tertiary/aromatic N) is 1. The fraction of sp³-hybridized carbons (Fsp3) is 0.484. The average molecular weight is 1360 g/mol. The predicted molar refractivity (Wildman–Crippen MR) is 350 cm³/mol. The number of para-hydroxylation sites is 1. The fourth-order valence-electron chi connectivity index (χ4n) is 10.5. The minimum absolute atomic E-state index is 0.000651. The van der Waals surface area contributed by atoms with Crippen LogP contribution in [0.4, 0.5) is 0 Å². The molecule has 4 aromatic rings. The third kappa shape index (κ3) is 23.4. The smallest absolute Gasteiger partial charge is 0.326 e. The fourth-order valence-corrected chi connectivity index (χ4v) is 10.8. The number of aliphatic hydroxyl groups excluding tert-OH is 1. The van der Waals surface area contributed by atoms with Crippen LogP contribution in [0.25, 0.3) is 10.9 Å². The third-order valence-electron chi connectivity index (χ3n) is 15.9. The molecule has 2 heterocycles. The Labute approximate surface area is 558 Å². The molecule has 0 radical (unpaired) electrons. The van der Waals surface area contributed by atoms with Crippen molar-refractivity contribution in [3.8, 4) is 5.75 Å². The number of phenols is 1. The summed E-state index contributed by atoms with van der Waals surface area (Å²) >= 11 is 4.23. The van der Waals surface area contributed by atoms with Crippen LogP contribution in [0.1, 0.15) is 95.8 Å². The minimum atomic E-state index is -1.87. The second-order valence-electron chi connectivity index (χ2n) is 23.8. The van der Waals surface area contributed by atoms with Crippen LogP contribution in [0.2, 0.25) is 0 Å². The molecule has 5 rings (SSSR count). The van der Waals surface area contributed by atoms with Gasteiger partial charge in [-0.1, -0.05) is 74.5 Å². The number of carbonyl (C=O) groups is 13. The minimum Gasteiger partial charge on any atom is -0.508 e. The van der Waals surface area contributed by atoms with Crippen molar-refractivity contribution >= 4 is 101 Å². The molecule has 0 aliphatic carbocycles. The SMILES string of the molecule is CC(C)[C@H](NC(=O)[C@H](CS)NC(=O)[C@H](Cc1ccc(O)cc1)NC(=O)[C@H](CCCCN)NC(=O)[C@H](Cc1c[nH]c2ccccc12)NC(=O)[C@H](Cc1ccccc1)NC(=O)[C@H](C)NC(=O)[C@H](CC(=O)O)NC(=O)[C@H]1CCCN1C(=O)[C@@H](NC(=O)[C@@H](N)CCC(=O)O)[C@@H](C)O)C(=O)O. The summed E-state index contributed by atoms with van der Waals surface area (Å²) in [6.07, 6.45) is -1.56. The molecule has 96 heavy (non-hydrogen) atoms. The summed E-state index contributed by atoms with van der Waals surface area (Å²) in [5.74, 6) is -14.6. The van der Waals surface area contributed by atoms with E-state index >= 15 is 4.79 Å². The number of phenolic OH excluding ortho intramolecular Hbond substituents is 1. The highest BCUT2D eigenvalue weighted by Gasteiger charge is 2.42. The van der Waals surface area contributed by atoms with E-state index in [1.807, 2.05) is 0 Å². The first-order chi connectivity index (χ1) is 45.5. The molecule has 0 spiro atoms. The number of aromatic hydroxyl groups is 1. The van der Waals surface area contributed by atoms with E-state index in [2.05, 4.69) is 65.5 Å². The predicted octanol–water partition coefficient (Wildman–Crippen LogP) is -1.88. The van der Waals surface area contributed by atoms with E-state index in [9.17, 15) is 78.0 Å². The number of H-pyrrole nitrogens is 1. The molecule has 0 bridgehead atoms. The first-order valence-corrected chi connectivity index (χ1v) is 32.0. The number of nitrogens with one attached hydrogen (secondary N) is 10. The van der Waals surface area contributed by atoms with Gasteiger partial charge in [0.1, 0.15) is 66.2 Å². The lowest BCUT2D eigenvalue weighted by Gasteiger charge is -2.31. The van der Waals surface area contributed by atoms with Crippen LogP contribution in [-0.2, 0) is 81.6 Å². The number of amides is 10. The number of thiol groups is 1. The summed E-state index contributed by atoms with van der Waals surface area (Å²) in [5, 5.41) is 72.6. The number of aliphatic hydroxyl groups is 1. The van der Waals surface area contributed by atoms with E-state index < -0.39 is 168 Å². The van der Waals surface area contributed by atoms with Crippen molar-refractivity contribution in [1.82, 2.24) is 57.7 Å². The molecule has 522 valence electrons. The standard InChI is InChI=1S/C64H87N13O18S/c1-33(2)52(64(94)95)75-61(91)48(32-96)74-59(89)45(28-37-19-21-39(79)22-20-37)71-56(86)43(17-10-11-25-65)69-60(90)46(29-38-31-67-42-16-9-8-15-40(38)42)72-58(88)44(27-36-13-6-5-7-14-36)70-54(84)34(3)68-57(87)47(30-51(82)83)73-62(92)49-18-12-26-77(49)63(93)53(35(4)78)76-55(85)41(66)23-24-50(80)81/h5-9,13-16,19-22,31,33-35,41,43-49,52-53,67,78-79,96H,10-12,17-18,23-30,32,65-66H2,1-4H3,(H,68,87)(H,69,90)(H,70,84)(H,71,86)(H,72,88)(H,73,92)(H,74,89)(H,75,91)(H,76,85)(H,80,81)(H,82,83)(H,94,95)/t34-,35+,41-,43-,44-,45-,46-,47-,48-,49+,52-,53-/m0/s1. The molecule has 12 atom stereocenters. The zero-order valence-corrected chi connectivity index (χ0v) is 54.5. The maximum Gasteiger partial charge on any atom is 0.326 e. The van der Waals surface area contributed by atoms with Crippen LogP contribution in [0.15, 0.2) is 85.1 Å². The van der Waals surface area contributed by atoms with Crippen molar-refractivity contribution in [3.63, 3.8) is 0 Å². The van der Waals surface area contributed by atoms with Crippen molar-refractivity contribution in [2.75, 3.05) is 18.8 Å². The number of unbranched alkanes of at least 4 members (excludes halogenated alkanes) is 1. The van der Waals surface area contributed by atoms with Gasteiger partial charge in [-0.3, -0.25) is 57.5 Å². The second kappa shape index (κ2) is 37.4. The molecule has 3 aromatic carbocycles. The van der Waals surface area contributed by atoms with Crippen molar-refractivity contribution < 1.29 is 87.9 Å². The summed E-state index contributed by atoms with van der Waals surface area (Å²) in [4.78, 5) is 180. The van der Waals surface area contributed by atoms with Crippen LogP contribution >= 0.6 is 12.6 Å². The van der Waals surface area contributed by atoms with Gasteiger partial charge in [-0.25, -0.2) is 4.79 Å². The maximum absolute atomic E-state index is 15.0. The molecule has 1 aliphatic heterocycles. The van der Waals surface area contributed by atoms with Gasteiger partial charge in [-0.2, -0.15) is 12.6 Å². The van der Waals surface area contributed by atoms with Gasteiger partial charge < -0.3 is 94.7 Å². The van der Waals surface area contributed by atoms with E-state index in [0.29, 0.717) is 34.0 Å². The maximum atomic E-state index is 15.0. The summed E-state index contributed by atoms with van der Waals surface area (Å²) in [6.45, 7) is 5.67. The summed E-state index contributed by atoms with van der Waals surface area (Å²) < 4.78 is 0. The number of carbonyl (C=O) groups excluding carboxylic acids is 10. The molecule has 1 aliphatic rings. The van der Waals surface area contributed by atoms with Gasteiger partial charge in [0, 0.05) is 55.1 Å².